The van der Waals surface area contributed by atoms with E-state index in [0.717, 1.165) is 37.0 Å². The van der Waals surface area contributed by atoms with Gasteiger partial charge in [-0.05, 0) is 35.7 Å². The summed E-state index contributed by atoms with van der Waals surface area (Å²) in [6.45, 7) is 1.76. The maximum Gasteiger partial charge on any atom is 0.325 e. The molecule has 0 bridgehead atoms. The molecule has 0 aliphatic heterocycles. The molecule has 1 saturated carbocycles. The van der Waals surface area contributed by atoms with Crippen molar-refractivity contribution in [1.29, 1.82) is 0 Å². The lowest BCUT2D eigenvalue weighted by atomic mass is 10.1. The average molecular weight is 471 g/mol. The Morgan fingerprint density at radius 1 is 1.03 bits per heavy atom. The Morgan fingerprint density at radius 3 is 2.45 bits per heavy atom. The van der Waals surface area contributed by atoms with Gasteiger partial charge in [0.25, 0.3) is 10.0 Å². The van der Waals surface area contributed by atoms with E-state index in [9.17, 15) is 18.3 Å². The molecule has 31 heavy (non-hydrogen) atoms. The second-order valence-electron chi connectivity index (χ2n) is 7.56. The third kappa shape index (κ3) is 3.28. The number of aromatic nitrogens is 1. The first-order valence-corrected chi connectivity index (χ1v) is 12.7. The van der Waals surface area contributed by atoms with Gasteiger partial charge in [-0.25, -0.2) is 13.4 Å². The Morgan fingerprint density at radius 2 is 1.74 bits per heavy atom. The van der Waals surface area contributed by atoms with Crippen molar-refractivity contribution in [2.45, 2.75) is 22.6 Å². The fraction of sp³-hybridized carbons (Fsp3) is 0.182. The van der Waals surface area contributed by atoms with Crippen LogP contribution in [0.25, 0.3) is 20.1 Å². The van der Waals surface area contributed by atoms with E-state index in [1.165, 1.54) is 17.4 Å². The molecule has 3 atom stereocenters. The Labute approximate surface area is 187 Å². The Bertz CT molecular complexity index is 1360. The molecule has 0 amide bonds. The molecular weight excluding hydrogens is 452 g/mol. The number of benzene rings is 2. The van der Waals surface area contributed by atoms with Crippen LogP contribution in [0.2, 0.25) is 0 Å². The smallest absolute Gasteiger partial charge is 0.325 e. The van der Waals surface area contributed by atoms with Crippen LogP contribution in [-0.2, 0) is 14.8 Å². The van der Waals surface area contributed by atoms with E-state index < -0.39 is 27.4 Å². The molecule has 1 aliphatic carbocycles. The van der Waals surface area contributed by atoms with Gasteiger partial charge in [0.2, 0.25) is 0 Å². The van der Waals surface area contributed by atoms with E-state index >= 15 is 0 Å². The van der Waals surface area contributed by atoms with E-state index in [4.69, 9.17) is 0 Å². The van der Waals surface area contributed by atoms with Gasteiger partial charge in [0.15, 0.2) is 0 Å². The van der Waals surface area contributed by atoms with Gasteiger partial charge in [-0.3, -0.25) is 4.79 Å². The van der Waals surface area contributed by atoms with Crippen LogP contribution in [0.4, 0.5) is 0 Å². The average Bonchev–Trinajstić information content (AvgIpc) is 3.16. The van der Waals surface area contributed by atoms with E-state index in [1.807, 2.05) is 54.6 Å². The van der Waals surface area contributed by atoms with Gasteiger partial charge in [0.1, 0.15) is 14.8 Å². The molecule has 0 saturated heterocycles. The first-order valence-electron chi connectivity index (χ1n) is 9.61. The van der Waals surface area contributed by atoms with E-state index in [2.05, 4.69) is 9.71 Å². The van der Waals surface area contributed by atoms with E-state index in [-0.39, 0.29) is 10.1 Å². The molecule has 1 unspecified atom stereocenters. The van der Waals surface area contributed by atoms with Crippen molar-refractivity contribution in [3.63, 3.8) is 0 Å². The third-order valence-corrected chi connectivity index (χ3v) is 10.0. The number of sulfonamides is 1. The van der Waals surface area contributed by atoms with Crippen molar-refractivity contribution in [3.05, 3.63) is 72.3 Å². The number of hydrogen-bond donors (Lipinski definition) is 2. The minimum Gasteiger partial charge on any atom is -0.480 e. The van der Waals surface area contributed by atoms with Crippen molar-refractivity contribution >= 4 is 48.9 Å². The number of fused-ring (bicyclic) bond motifs is 1. The second kappa shape index (κ2) is 7.23. The number of nitrogens with one attached hydrogen (secondary N) is 1. The summed E-state index contributed by atoms with van der Waals surface area (Å²) in [5.41, 5.74) is 0.113. The third-order valence-electron chi connectivity index (χ3n) is 5.77. The molecule has 158 valence electrons. The summed E-state index contributed by atoms with van der Waals surface area (Å²) < 4.78 is 29.9. The number of thiophene rings is 1. The van der Waals surface area contributed by atoms with Crippen molar-refractivity contribution < 1.29 is 18.3 Å². The highest BCUT2D eigenvalue weighted by Gasteiger charge is 2.70. The number of rotatable bonds is 6. The van der Waals surface area contributed by atoms with Crippen LogP contribution in [0.3, 0.4) is 0 Å². The quantitative estimate of drug-likeness (QED) is 0.431. The van der Waals surface area contributed by atoms with Crippen molar-refractivity contribution in [2.24, 2.45) is 5.92 Å². The number of carbonyl (C=O) groups is 1. The first kappa shape index (κ1) is 20.3. The zero-order chi connectivity index (χ0) is 21.8. The van der Waals surface area contributed by atoms with Crippen molar-refractivity contribution in [3.8, 4) is 9.88 Å². The van der Waals surface area contributed by atoms with Gasteiger partial charge in [0.05, 0.1) is 15.1 Å². The molecule has 2 N–H and O–H groups in total. The first-order chi connectivity index (χ1) is 14.8. The van der Waals surface area contributed by atoms with Crippen LogP contribution < -0.4 is 4.72 Å². The summed E-state index contributed by atoms with van der Waals surface area (Å²) in [4.78, 5) is 17.5. The highest BCUT2D eigenvalue weighted by molar-refractivity contribution is 7.91. The summed E-state index contributed by atoms with van der Waals surface area (Å²) in [6, 6.07) is 20.1. The summed E-state index contributed by atoms with van der Waals surface area (Å²) in [5, 5.41) is 10.7. The highest BCUT2D eigenvalue weighted by Crippen LogP contribution is 2.58. The van der Waals surface area contributed by atoms with Gasteiger partial charge in [0, 0.05) is 5.92 Å². The molecule has 9 heteroatoms. The molecule has 0 spiro atoms. The number of hydrogen-bond acceptors (Lipinski definition) is 6. The Kier molecular flexibility index (Phi) is 4.74. The minimum atomic E-state index is -4.03. The zero-order valence-electron chi connectivity index (χ0n) is 16.3. The maximum atomic E-state index is 13.2. The lowest BCUT2D eigenvalue weighted by Crippen LogP contribution is -2.45. The lowest BCUT2D eigenvalue weighted by molar-refractivity contribution is -0.140. The normalized spacial score (nSPS) is 23.1. The number of thiazole rings is 1. The fourth-order valence-electron chi connectivity index (χ4n) is 4.13. The van der Waals surface area contributed by atoms with Gasteiger partial charge in [-0.1, -0.05) is 49.4 Å². The van der Waals surface area contributed by atoms with Crippen molar-refractivity contribution in [1.82, 2.24) is 9.71 Å². The van der Waals surface area contributed by atoms with Gasteiger partial charge in [-0.2, -0.15) is 4.72 Å². The summed E-state index contributed by atoms with van der Waals surface area (Å²) >= 11 is 2.58. The van der Waals surface area contributed by atoms with Gasteiger partial charge < -0.3 is 5.11 Å². The fourth-order valence-corrected chi connectivity index (χ4v) is 7.91. The molecule has 1 aliphatic rings. The lowest BCUT2D eigenvalue weighted by Gasteiger charge is -2.15. The summed E-state index contributed by atoms with van der Waals surface area (Å²) in [7, 11) is -4.03. The molecule has 0 radical (unpaired) electrons. The van der Waals surface area contributed by atoms with Gasteiger partial charge >= 0.3 is 5.97 Å². The molecule has 6 nitrogen and oxygen atoms in total. The topological polar surface area (TPSA) is 96.4 Å². The van der Waals surface area contributed by atoms with Crippen LogP contribution in [0, 0.1) is 5.92 Å². The van der Waals surface area contributed by atoms with E-state index in [1.54, 1.807) is 13.0 Å². The van der Waals surface area contributed by atoms with E-state index in [0.29, 0.717) is 0 Å². The van der Waals surface area contributed by atoms with Crippen LogP contribution >= 0.6 is 22.7 Å². The number of carboxylic acids is 1. The van der Waals surface area contributed by atoms with Gasteiger partial charge in [-0.15, -0.1) is 22.7 Å². The van der Waals surface area contributed by atoms with Crippen LogP contribution in [0.15, 0.2) is 70.9 Å². The molecule has 2 heterocycles. The molecule has 2 aromatic carbocycles. The predicted molar refractivity (Wildman–Crippen MR) is 122 cm³/mol. The largest absolute Gasteiger partial charge is 0.480 e. The Balaban J connectivity index is 1.46. The second-order valence-corrected chi connectivity index (χ2v) is 11.6. The molecule has 2 aromatic heterocycles. The summed E-state index contributed by atoms with van der Waals surface area (Å²) in [6.07, 6.45) is 0. The number of aliphatic carboxylic acids is 1. The SMILES string of the molecule is CC1[C@@H](c2ccccc2)[C@]1(NS(=O)(=O)c1ccc(-c2nc3ccccc3s2)s1)C(=O)O. The molecular formula is C22H18N2O4S3. The highest BCUT2D eigenvalue weighted by atomic mass is 32.2. The zero-order valence-corrected chi connectivity index (χ0v) is 18.8. The molecule has 5 rings (SSSR count). The summed E-state index contributed by atoms with van der Waals surface area (Å²) in [5.74, 6) is -1.96. The molecule has 1 fully saturated rings. The number of carboxylic acid groups (broad SMARTS) is 1. The van der Waals surface area contributed by atoms with Crippen LogP contribution in [0.1, 0.15) is 18.4 Å². The number of nitrogens with zero attached hydrogens (tertiary/aromatic N) is 1. The van der Waals surface area contributed by atoms with Crippen LogP contribution in [0.5, 0.6) is 0 Å². The number of para-hydroxylation sites is 1. The predicted octanol–water partition coefficient (Wildman–Crippen LogP) is 4.56. The monoisotopic (exact) mass is 470 g/mol. The van der Waals surface area contributed by atoms with Crippen LogP contribution in [-0.4, -0.2) is 30.0 Å². The minimum absolute atomic E-state index is 0.0771. The standard InChI is InChI=1S/C22H18N2O4S3/c1-13-19(14-7-3-2-4-8-14)22(13,21(25)26)24-31(27,28)18-12-11-17(29-18)20-23-15-9-5-6-10-16(15)30-20/h2-13,19,24H,1H3,(H,25,26)/t13?,19-,22-/m0/s1. The maximum absolute atomic E-state index is 13.2. The Hall–Kier alpha value is -2.59. The molecule has 4 aromatic rings. The van der Waals surface area contributed by atoms with Crippen molar-refractivity contribution in [2.75, 3.05) is 0 Å².